The van der Waals surface area contributed by atoms with Gasteiger partial charge in [0.2, 0.25) is 11.8 Å². The fourth-order valence-corrected chi connectivity index (χ4v) is 6.13. The Labute approximate surface area is 248 Å². The molecule has 0 unspecified atom stereocenters. The highest BCUT2D eigenvalue weighted by molar-refractivity contribution is 6.30. The molecule has 222 valence electrons. The maximum atomic E-state index is 14.1. The highest BCUT2D eigenvalue weighted by Gasteiger charge is 2.39. The van der Waals surface area contributed by atoms with Gasteiger partial charge in [0.05, 0.1) is 5.56 Å². The third kappa shape index (κ3) is 6.59. The van der Waals surface area contributed by atoms with Crippen LogP contribution in [0.5, 0.6) is 11.5 Å². The summed E-state index contributed by atoms with van der Waals surface area (Å²) < 4.78 is 54.1. The number of halogens is 4. The smallest absolute Gasteiger partial charge is 0.419 e. The van der Waals surface area contributed by atoms with Crippen LogP contribution in [0.3, 0.4) is 0 Å². The van der Waals surface area contributed by atoms with E-state index in [0.717, 1.165) is 17.2 Å². The minimum Gasteiger partial charge on any atom is -0.488 e. The first kappa shape index (κ1) is 30.0. The van der Waals surface area contributed by atoms with Crippen molar-refractivity contribution in [1.29, 1.82) is 0 Å². The van der Waals surface area contributed by atoms with E-state index in [0.29, 0.717) is 41.2 Å². The van der Waals surface area contributed by atoms with Crippen LogP contribution in [0.1, 0.15) is 61.4 Å². The summed E-state index contributed by atoms with van der Waals surface area (Å²) in [4.78, 5) is 27.3. The third-order valence-electron chi connectivity index (χ3n) is 7.77. The van der Waals surface area contributed by atoms with Crippen LogP contribution in [-0.2, 0) is 41.6 Å². The first-order valence-electron chi connectivity index (χ1n) is 14.0. The number of alkyl halides is 3. The molecule has 1 saturated heterocycles. The van der Waals surface area contributed by atoms with Gasteiger partial charge in [-0.3, -0.25) is 14.5 Å². The average molecular weight is 600 g/mol. The Kier molecular flexibility index (Phi) is 8.30. The quantitative estimate of drug-likeness (QED) is 0.268. The number of ether oxygens (including phenoxy) is 2. The number of carbonyl (C=O) groups is 2. The highest BCUT2D eigenvalue weighted by atomic mass is 35.5. The molecule has 3 aromatic rings. The summed E-state index contributed by atoms with van der Waals surface area (Å²) in [5, 5.41) is 0.459. The summed E-state index contributed by atoms with van der Waals surface area (Å²) in [5.41, 5.74) is 1.43. The Bertz CT molecular complexity index is 1490. The van der Waals surface area contributed by atoms with E-state index in [2.05, 4.69) is 0 Å². The fraction of sp³-hybridized carbons (Fsp3) is 0.394. The van der Waals surface area contributed by atoms with E-state index in [1.165, 1.54) is 17.0 Å². The van der Waals surface area contributed by atoms with Gasteiger partial charge in [-0.2, -0.15) is 13.2 Å². The lowest BCUT2D eigenvalue weighted by Crippen LogP contribution is -2.43. The summed E-state index contributed by atoms with van der Waals surface area (Å²) in [7, 11) is 0. The van der Waals surface area contributed by atoms with Gasteiger partial charge in [-0.15, -0.1) is 0 Å². The van der Waals surface area contributed by atoms with E-state index in [9.17, 15) is 22.8 Å². The van der Waals surface area contributed by atoms with Gasteiger partial charge in [0.15, 0.2) is 0 Å². The van der Waals surface area contributed by atoms with Gasteiger partial charge in [0, 0.05) is 35.4 Å². The molecule has 0 radical (unpaired) electrons. The van der Waals surface area contributed by atoms with Crippen molar-refractivity contribution in [2.75, 3.05) is 0 Å². The van der Waals surface area contributed by atoms with Crippen LogP contribution in [0.25, 0.3) is 0 Å². The Balaban J connectivity index is 1.31. The van der Waals surface area contributed by atoms with Crippen LogP contribution in [0.15, 0.2) is 60.7 Å². The molecule has 2 atom stereocenters. The molecule has 0 aliphatic carbocycles. The molecule has 0 N–H and O–H groups in total. The summed E-state index contributed by atoms with van der Waals surface area (Å²) in [6.07, 6.45) is -2.61. The second kappa shape index (κ2) is 11.6. The predicted molar refractivity (Wildman–Crippen MR) is 154 cm³/mol. The van der Waals surface area contributed by atoms with E-state index in [4.69, 9.17) is 21.1 Å². The summed E-state index contributed by atoms with van der Waals surface area (Å²) in [6, 6.07) is 16.6. The van der Waals surface area contributed by atoms with E-state index in [-0.39, 0.29) is 43.1 Å². The van der Waals surface area contributed by atoms with E-state index >= 15 is 0 Å². The molecule has 5 nitrogen and oxygen atoms in total. The number of hydrogen-bond acceptors (Lipinski definition) is 4. The van der Waals surface area contributed by atoms with Crippen LogP contribution >= 0.6 is 11.6 Å². The van der Waals surface area contributed by atoms with Gasteiger partial charge >= 0.3 is 6.18 Å². The van der Waals surface area contributed by atoms with E-state index < -0.39 is 23.3 Å². The number of rotatable bonds is 8. The Hall–Kier alpha value is -3.52. The molecule has 1 fully saturated rings. The van der Waals surface area contributed by atoms with Gasteiger partial charge in [-0.05, 0) is 74.1 Å². The molecule has 0 bridgehead atoms. The topological polar surface area (TPSA) is 55.8 Å². The zero-order valence-electron chi connectivity index (χ0n) is 23.8. The molecule has 5 rings (SSSR count). The maximum absolute atomic E-state index is 14.1. The van der Waals surface area contributed by atoms with Crippen molar-refractivity contribution < 1.29 is 32.2 Å². The van der Waals surface area contributed by atoms with Gasteiger partial charge in [-0.25, -0.2) is 0 Å². The second-order valence-electron chi connectivity index (χ2n) is 11.8. The number of amides is 2. The molecule has 42 heavy (non-hydrogen) atoms. The van der Waals surface area contributed by atoms with E-state index in [1.807, 2.05) is 44.2 Å². The number of nitrogens with zero attached hydrogens (tertiary/aromatic N) is 1. The highest BCUT2D eigenvalue weighted by Crippen LogP contribution is 2.42. The largest absolute Gasteiger partial charge is 0.488 e. The van der Waals surface area contributed by atoms with Crippen molar-refractivity contribution in [3.05, 3.63) is 93.5 Å². The number of carbonyl (C=O) groups excluding carboxylic acids is 2. The van der Waals surface area contributed by atoms with Crippen LogP contribution in [0.2, 0.25) is 5.02 Å². The lowest BCUT2D eigenvalue weighted by molar-refractivity contribution is -0.146. The normalized spacial score (nSPS) is 18.5. The Morgan fingerprint density at radius 3 is 2.57 bits per heavy atom. The molecule has 2 amide bonds. The summed E-state index contributed by atoms with van der Waals surface area (Å²) in [6.45, 7) is 5.35. The average Bonchev–Trinajstić information content (AvgIpc) is 3.44. The van der Waals surface area contributed by atoms with Gasteiger partial charge in [0.1, 0.15) is 23.7 Å². The van der Waals surface area contributed by atoms with Gasteiger partial charge in [-0.1, -0.05) is 54.9 Å². The number of hydrogen-bond donors (Lipinski definition) is 0. The Morgan fingerprint density at radius 2 is 1.86 bits per heavy atom. The van der Waals surface area contributed by atoms with Crippen LogP contribution in [0.4, 0.5) is 13.2 Å². The van der Waals surface area contributed by atoms with Crippen LogP contribution < -0.4 is 9.47 Å². The lowest BCUT2D eigenvalue weighted by atomic mass is 9.96. The first-order chi connectivity index (χ1) is 19.8. The fourth-order valence-electron chi connectivity index (χ4n) is 5.86. The number of likely N-dealkylation sites (tertiary alicyclic amines) is 1. The number of imide groups is 1. The predicted octanol–water partition coefficient (Wildman–Crippen LogP) is 7.59. The molecule has 0 saturated carbocycles. The molecular weight excluding hydrogens is 567 g/mol. The van der Waals surface area contributed by atoms with Crippen molar-refractivity contribution in [3.8, 4) is 11.5 Å². The van der Waals surface area contributed by atoms with Crippen molar-refractivity contribution >= 4 is 23.4 Å². The SMILES string of the molecule is C[C@@H](Cc1ccc(OCc2cc(Cl)cc3c2OC(C)(C)C3)c(C(F)(F)F)c1)C(=O)N1C(=O)CC[C@H]1Cc1ccccc1. The third-order valence-corrected chi connectivity index (χ3v) is 7.99. The molecule has 2 aliphatic heterocycles. The standard InChI is InChI=1S/C33H33ClF3NO4/c1-20(31(40)38-26(10-12-29(38)39)14-21-7-5-4-6-8-21)13-22-9-11-28(27(15-22)33(35,36)37)41-19-24-17-25(34)16-23-18-32(2,3)42-30(23)24/h4-9,11,15-17,20,26H,10,12-14,18-19H2,1-3H3/t20-,26-/m0/s1. The number of fused-ring (bicyclic) bond motifs is 1. The zero-order chi connectivity index (χ0) is 30.2. The molecule has 2 aliphatic rings. The minimum absolute atomic E-state index is 0.0504. The van der Waals surface area contributed by atoms with Crippen LogP contribution in [-0.4, -0.2) is 28.4 Å². The molecule has 0 spiro atoms. The van der Waals surface area contributed by atoms with Crippen molar-refractivity contribution in [2.24, 2.45) is 5.92 Å². The summed E-state index contributed by atoms with van der Waals surface area (Å²) in [5.74, 6) is -1.04. The second-order valence-corrected chi connectivity index (χ2v) is 12.2. The van der Waals surface area contributed by atoms with Crippen molar-refractivity contribution in [1.82, 2.24) is 4.90 Å². The van der Waals surface area contributed by atoms with Crippen LogP contribution in [0, 0.1) is 5.92 Å². The number of benzene rings is 3. The van der Waals surface area contributed by atoms with E-state index in [1.54, 1.807) is 19.1 Å². The maximum Gasteiger partial charge on any atom is 0.419 e. The summed E-state index contributed by atoms with van der Waals surface area (Å²) >= 11 is 6.26. The molecule has 2 heterocycles. The molecule has 3 aromatic carbocycles. The molecule has 9 heteroatoms. The zero-order valence-corrected chi connectivity index (χ0v) is 24.5. The molecular formula is C33H33ClF3NO4. The van der Waals surface area contributed by atoms with Gasteiger partial charge in [0.25, 0.3) is 0 Å². The first-order valence-corrected chi connectivity index (χ1v) is 14.4. The molecule has 0 aromatic heterocycles. The monoisotopic (exact) mass is 599 g/mol. The van der Waals surface area contributed by atoms with Crippen molar-refractivity contribution in [3.63, 3.8) is 0 Å². The van der Waals surface area contributed by atoms with Crippen molar-refractivity contribution in [2.45, 2.75) is 77.3 Å². The lowest BCUT2D eigenvalue weighted by Gasteiger charge is -2.26. The van der Waals surface area contributed by atoms with Gasteiger partial charge < -0.3 is 9.47 Å². The Morgan fingerprint density at radius 1 is 1.12 bits per heavy atom. The minimum atomic E-state index is -4.68.